The molecule has 16 heavy (non-hydrogen) atoms. The van der Waals surface area contributed by atoms with Gasteiger partial charge in [0, 0.05) is 5.56 Å². The summed E-state index contributed by atoms with van der Waals surface area (Å²) in [6, 6.07) is 1.58. The first-order chi connectivity index (χ1) is 7.27. The van der Waals surface area contributed by atoms with Crippen LogP contribution in [-0.2, 0) is 6.18 Å². The molecule has 0 heterocycles. The van der Waals surface area contributed by atoms with E-state index in [0.717, 1.165) is 6.07 Å². The highest BCUT2D eigenvalue weighted by molar-refractivity contribution is 9.10. The highest BCUT2D eigenvalue weighted by Gasteiger charge is 2.35. The van der Waals surface area contributed by atoms with Crippen molar-refractivity contribution < 1.29 is 23.1 Å². The maximum absolute atomic E-state index is 12.5. The van der Waals surface area contributed by atoms with Crippen molar-refractivity contribution in [3.05, 3.63) is 27.7 Å². The Bertz CT molecular complexity index is 431. The molecule has 0 unspecified atom stereocenters. The molecule has 0 aliphatic carbocycles. The lowest BCUT2D eigenvalue weighted by molar-refractivity contribution is -0.138. The normalized spacial score (nSPS) is 11.6. The van der Waals surface area contributed by atoms with Crippen LogP contribution in [0.1, 0.15) is 15.9 Å². The fraction of sp³-hybridized carbons (Fsp3) is 0.222. The largest absolute Gasteiger partial charge is 0.507 e. The van der Waals surface area contributed by atoms with Gasteiger partial charge in [0.05, 0.1) is 15.9 Å². The van der Waals surface area contributed by atoms with E-state index >= 15 is 0 Å². The second kappa shape index (κ2) is 4.63. The first kappa shape index (κ1) is 13.3. The molecule has 0 aromatic heterocycles. The maximum atomic E-state index is 12.5. The molecule has 0 aliphatic rings. The van der Waals surface area contributed by atoms with Crippen molar-refractivity contribution in [1.29, 1.82) is 0 Å². The van der Waals surface area contributed by atoms with Crippen LogP contribution in [0.2, 0.25) is 0 Å². The number of rotatable bonds is 2. The summed E-state index contributed by atoms with van der Waals surface area (Å²) in [5.74, 6) is -1.78. The van der Waals surface area contributed by atoms with Crippen LogP contribution < -0.4 is 0 Å². The molecule has 0 spiro atoms. The van der Waals surface area contributed by atoms with E-state index in [1.54, 1.807) is 0 Å². The van der Waals surface area contributed by atoms with E-state index < -0.39 is 33.6 Å². The fourth-order valence-corrected chi connectivity index (χ4v) is 1.66. The molecule has 0 amide bonds. The van der Waals surface area contributed by atoms with Gasteiger partial charge in [-0.25, -0.2) is 0 Å². The van der Waals surface area contributed by atoms with E-state index in [1.165, 1.54) is 0 Å². The molecular weight excluding hydrogens is 312 g/mol. The zero-order chi connectivity index (χ0) is 12.5. The fourth-order valence-electron chi connectivity index (χ4n) is 1.05. The molecule has 0 saturated heterocycles. The SMILES string of the molecule is O=C(CCl)c1cc(O)c(Br)c(C(F)(F)F)c1. The second-order valence-corrected chi connectivity index (χ2v) is 3.97. The summed E-state index contributed by atoms with van der Waals surface area (Å²) in [6.07, 6.45) is -4.65. The Kier molecular flexibility index (Phi) is 3.85. The van der Waals surface area contributed by atoms with Crippen LogP contribution in [0.15, 0.2) is 16.6 Å². The molecule has 1 N–H and O–H groups in total. The van der Waals surface area contributed by atoms with Gasteiger partial charge in [0.1, 0.15) is 5.75 Å². The van der Waals surface area contributed by atoms with Gasteiger partial charge in [-0.15, -0.1) is 11.6 Å². The zero-order valence-electron chi connectivity index (χ0n) is 7.61. The maximum Gasteiger partial charge on any atom is 0.417 e. The number of carbonyl (C=O) groups is 1. The van der Waals surface area contributed by atoms with E-state index in [4.69, 9.17) is 11.6 Å². The van der Waals surface area contributed by atoms with Gasteiger partial charge in [0.25, 0.3) is 0 Å². The summed E-state index contributed by atoms with van der Waals surface area (Å²) in [7, 11) is 0. The Balaban J connectivity index is 3.39. The monoisotopic (exact) mass is 316 g/mol. The number of aromatic hydroxyl groups is 1. The molecule has 0 atom stereocenters. The summed E-state index contributed by atoms with van der Waals surface area (Å²) >= 11 is 7.83. The average Bonchev–Trinajstić information content (AvgIpc) is 2.18. The smallest absolute Gasteiger partial charge is 0.417 e. The number of ketones is 1. The van der Waals surface area contributed by atoms with Gasteiger partial charge in [-0.3, -0.25) is 4.79 Å². The van der Waals surface area contributed by atoms with Crippen LogP contribution >= 0.6 is 27.5 Å². The van der Waals surface area contributed by atoms with Crippen LogP contribution in [0, 0.1) is 0 Å². The van der Waals surface area contributed by atoms with Crippen molar-refractivity contribution in [2.75, 3.05) is 5.88 Å². The number of alkyl halides is 4. The van der Waals surface area contributed by atoms with Crippen LogP contribution in [0.4, 0.5) is 13.2 Å². The number of carbonyl (C=O) groups excluding carboxylic acids is 1. The van der Waals surface area contributed by atoms with Crippen molar-refractivity contribution in [1.82, 2.24) is 0 Å². The van der Waals surface area contributed by atoms with Crippen LogP contribution in [-0.4, -0.2) is 16.8 Å². The highest BCUT2D eigenvalue weighted by atomic mass is 79.9. The quantitative estimate of drug-likeness (QED) is 0.668. The van der Waals surface area contributed by atoms with E-state index in [2.05, 4.69) is 15.9 Å². The molecule has 0 bridgehead atoms. The second-order valence-electron chi connectivity index (χ2n) is 2.91. The molecule has 2 nitrogen and oxygen atoms in total. The Morgan fingerprint density at radius 3 is 2.44 bits per heavy atom. The predicted molar refractivity (Wildman–Crippen MR) is 55.9 cm³/mol. The number of benzene rings is 1. The van der Waals surface area contributed by atoms with Gasteiger partial charge in [-0.2, -0.15) is 13.2 Å². The third-order valence-corrected chi connectivity index (χ3v) is 2.88. The van der Waals surface area contributed by atoms with Crippen molar-refractivity contribution >= 4 is 33.3 Å². The first-order valence-electron chi connectivity index (χ1n) is 3.96. The van der Waals surface area contributed by atoms with Crippen molar-refractivity contribution in [2.24, 2.45) is 0 Å². The average molecular weight is 317 g/mol. The van der Waals surface area contributed by atoms with Gasteiger partial charge >= 0.3 is 6.18 Å². The number of hydrogen-bond donors (Lipinski definition) is 1. The minimum Gasteiger partial charge on any atom is -0.507 e. The lowest BCUT2D eigenvalue weighted by Crippen LogP contribution is -2.09. The summed E-state index contributed by atoms with van der Waals surface area (Å²) < 4.78 is 37.0. The van der Waals surface area contributed by atoms with Crippen LogP contribution in [0.5, 0.6) is 5.75 Å². The third kappa shape index (κ3) is 2.68. The Morgan fingerprint density at radius 2 is 2.00 bits per heavy atom. The molecule has 1 aromatic carbocycles. The number of halogens is 5. The number of phenols is 1. The van der Waals surface area contributed by atoms with Crippen molar-refractivity contribution in [3.63, 3.8) is 0 Å². The number of Topliss-reactive ketones (excluding diaryl/α,β-unsaturated/α-hetero) is 1. The first-order valence-corrected chi connectivity index (χ1v) is 5.29. The van der Waals surface area contributed by atoms with Gasteiger partial charge in [0.15, 0.2) is 5.78 Å². The highest BCUT2D eigenvalue weighted by Crippen LogP contribution is 2.40. The van der Waals surface area contributed by atoms with Crippen molar-refractivity contribution in [2.45, 2.75) is 6.18 Å². The summed E-state index contributed by atoms with van der Waals surface area (Å²) in [5.41, 5.74) is -1.39. The lowest BCUT2D eigenvalue weighted by Gasteiger charge is -2.11. The van der Waals surface area contributed by atoms with Crippen LogP contribution in [0.3, 0.4) is 0 Å². The molecule has 7 heteroatoms. The van der Waals surface area contributed by atoms with Crippen LogP contribution in [0.25, 0.3) is 0 Å². The molecular formula is C9H5BrClF3O2. The summed E-state index contributed by atoms with van der Waals surface area (Å²) in [5, 5.41) is 9.25. The van der Waals surface area contributed by atoms with Gasteiger partial charge in [0.2, 0.25) is 0 Å². The zero-order valence-corrected chi connectivity index (χ0v) is 9.95. The van der Waals surface area contributed by atoms with Gasteiger partial charge < -0.3 is 5.11 Å². The molecule has 1 aromatic rings. The summed E-state index contributed by atoms with van der Waals surface area (Å²) in [4.78, 5) is 11.1. The van der Waals surface area contributed by atoms with Crippen molar-refractivity contribution in [3.8, 4) is 5.75 Å². The number of phenolic OH excluding ortho intramolecular Hbond substituents is 1. The standard InChI is InChI=1S/C9H5BrClF3O2/c10-8-5(9(12,13)14)1-4(2-6(8)15)7(16)3-11/h1-2,15H,3H2. The lowest BCUT2D eigenvalue weighted by atomic mass is 10.1. The Hall–Kier alpha value is -0.750. The van der Waals surface area contributed by atoms with E-state index in [1.807, 2.05) is 0 Å². The molecule has 0 saturated carbocycles. The number of hydrogen-bond acceptors (Lipinski definition) is 2. The Morgan fingerprint density at radius 1 is 1.44 bits per heavy atom. The van der Waals surface area contributed by atoms with E-state index in [0.29, 0.717) is 6.07 Å². The van der Waals surface area contributed by atoms with Gasteiger partial charge in [-0.05, 0) is 28.1 Å². The topological polar surface area (TPSA) is 37.3 Å². The minimum atomic E-state index is -4.65. The van der Waals surface area contributed by atoms with E-state index in [9.17, 15) is 23.1 Å². The summed E-state index contributed by atoms with van der Waals surface area (Å²) in [6.45, 7) is 0. The minimum absolute atomic E-state index is 0.275. The third-order valence-electron chi connectivity index (χ3n) is 1.80. The predicted octanol–water partition coefficient (Wildman–Crippen LogP) is 3.60. The molecule has 88 valence electrons. The molecule has 0 fully saturated rings. The Labute approximate surface area is 102 Å². The molecule has 0 aliphatic heterocycles. The molecule has 1 rings (SSSR count). The molecule has 0 radical (unpaired) electrons. The van der Waals surface area contributed by atoms with Gasteiger partial charge in [-0.1, -0.05) is 0 Å². The van der Waals surface area contributed by atoms with E-state index in [-0.39, 0.29) is 5.56 Å².